The van der Waals surface area contributed by atoms with Gasteiger partial charge in [0, 0.05) is 57.2 Å². The summed E-state index contributed by atoms with van der Waals surface area (Å²) in [5.74, 6) is -1.37. The van der Waals surface area contributed by atoms with Crippen LogP contribution < -0.4 is 27.2 Å². The number of hydrogen-bond donors (Lipinski definition) is 3. The van der Waals surface area contributed by atoms with Gasteiger partial charge < -0.3 is 25.8 Å². The summed E-state index contributed by atoms with van der Waals surface area (Å²) in [6.45, 7) is 5.18. The van der Waals surface area contributed by atoms with Gasteiger partial charge >= 0.3 is 5.69 Å². The van der Waals surface area contributed by atoms with Crippen LogP contribution in [0.25, 0.3) is 27.8 Å². The van der Waals surface area contributed by atoms with Crippen molar-refractivity contribution in [2.45, 2.75) is 50.4 Å². The van der Waals surface area contributed by atoms with E-state index < -0.39 is 28.9 Å². The summed E-state index contributed by atoms with van der Waals surface area (Å²) in [7, 11) is 0. The lowest BCUT2D eigenvalue weighted by atomic mass is 9.90. The van der Waals surface area contributed by atoms with Crippen LogP contribution >= 0.6 is 0 Å². The molecule has 1 unspecified atom stereocenters. The number of amides is 1. The molecule has 4 aliphatic rings. The third-order valence-electron chi connectivity index (χ3n) is 10.5. The molecule has 1 amide bonds. The van der Waals surface area contributed by atoms with Crippen molar-refractivity contribution in [1.29, 1.82) is 0 Å². The smallest absolute Gasteiger partial charge is 0.337 e. The highest BCUT2D eigenvalue weighted by atomic mass is 19.1. The van der Waals surface area contributed by atoms with Crippen LogP contribution in [0.1, 0.15) is 37.3 Å². The molecule has 2 aromatic heterocycles. The maximum atomic E-state index is 14.5. The number of carbonyl (C=O) groups excluding carboxylic acids is 1. The van der Waals surface area contributed by atoms with E-state index >= 15 is 0 Å². The molecule has 2 aromatic carbocycles. The molecule has 1 saturated heterocycles. The molecule has 3 aliphatic heterocycles. The molecule has 0 radical (unpaired) electrons. The number of nitrogens with one attached hydrogen (secondary N) is 3. The zero-order valence-electron chi connectivity index (χ0n) is 28.6. The summed E-state index contributed by atoms with van der Waals surface area (Å²) >= 11 is 0. The zero-order valence-corrected chi connectivity index (χ0v) is 28.6. The molecular weight excluding hydrogens is 666 g/mol. The molecule has 1 aliphatic carbocycles. The van der Waals surface area contributed by atoms with E-state index in [9.17, 15) is 23.2 Å². The Balaban J connectivity index is 1.02. The lowest BCUT2D eigenvalue weighted by Gasteiger charge is -2.30. The van der Waals surface area contributed by atoms with Gasteiger partial charge in [-0.1, -0.05) is 36.4 Å². The number of pyridine rings is 1. The Morgan fingerprint density at radius 2 is 1.73 bits per heavy atom. The summed E-state index contributed by atoms with van der Waals surface area (Å²) in [5.41, 5.74) is 2.93. The second-order valence-electron chi connectivity index (χ2n) is 13.8. The molecule has 2 fully saturated rings. The van der Waals surface area contributed by atoms with Gasteiger partial charge in [0.25, 0.3) is 11.5 Å². The number of fused-ring (bicyclic) bond motifs is 2. The van der Waals surface area contributed by atoms with Crippen molar-refractivity contribution in [3.8, 4) is 16.8 Å². The Labute approximate surface area is 298 Å². The van der Waals surface area contributed by atoms with Crippen LogP contribution in [0.2, 0.25) is 0 Å². The standard InChI is InChI=1S/C39H40F2N8O3/c40-28-8-13-35-45-34(24-47(35)23-28)37(50)44-30-9-11-31(12-10-30)49-38(51)33-21-29(41)22-43-36(33)48(39(49)52)32-3-1-2-27(20-32)26-6-4-25(5-7-26)14-17-46-18-15-42-16-19-46/h1-8,13,20-24,30-31,35,42,45H,9-12,14-19H2,(H,44,50)/t30-,31+,35?. The van der Waals surface area contributed by atoms with Crippen LogP contribution in [0.15, 0.2) is 106 Å². The second-order valence-corrected chi connectivity index (χ2v) is 13.8. The predicted octanol–water partition coefficient (Wildman–Crippen LogP) is 3.85. The summed E-state index contributed by atoms with van der Waals surface area (Å²) in [5, 5.41) is 9.52. The number of nitrogens with zero attached hydrogens (tertiary/aromatic N) is 5. The molecule has 52 heavy (non-hydrogen) atoms. The average Bonchev–Trinajstić information content (AvgIpc) is 3.59. The van der Waals surface area contributed by atoms with E-state index in [1.807, 2.05) is 18.2 Å². The molecule has 5 heterocycles. The van der Waals surface area contributed by atoms with E-state index in [2.05, 4.69) is 50.1 Å². The molecule has 3 N–H and O–H groups in total. The molecule has 268 valence electrons. The van der Waals surface area contributed by atoms with Crippen molar-refractivity contribution in [2.75, 3.05) is 32.7 Å². The number of benzene rings is 2. The Bertz CT molecular complexity index is 2210. The zero-order chi connectivity index (χ0) is 35.8. The van der Waals surface area contributed by atoms with Crippen LogP contribution in [0.3, 0.4) is 0 Å². The molecule has 4 aromatic rings. The first kappa shape index (κ1) is 33.7. The number of aromatic nitrogens is 3. The van der Waals surface area contributed by atoms with Crippen LogP contribution in [-0.2, 0) is 11.2 Å². The van der Waals surface area contributed by atoms with Gasteiger partial charge in [-0.05, 0) is 79.1 Å². The number of carbonyl (C=O) groups is 1. The second kappa shape index (κ2) is 14.3. The first-order valence-corrected chi connectivity index (χ1v) is 17.9. The Morgan fingerprint density at radius 1 is 0.942 bits per heavy atom. The number of piperazine rings is 1. The lowest BCUT2D eigenvalue weighted by molar-refractivity contribution is -0.118. The molecule has 8 rings (SSSR count). The van der Waals surface area contributed by atoms with E-state index in [0.717, 1.165) is 62.5 Å². The van der Waals surface area contributed by atoms with Crippen LogP contribution in [0.4, 0.5) is 8.78 Å². The van der Waals surface area contributed by atoms with Gasteiger partial charge in [-0.25, -0.2) is 23.1 Å². The first-order chi connectivity index (χ1) is 25.3. The van der Waals surface area contributed by atoms with Crippen molar-refractivity contribution in [2.24, 2.45) is 0 Å². The summed E-state index contributed by atoms with van der Waals surface area (Å²) < 4.78 is 30.8. The number of rotatable bonds is 8. The molecule has 11 nitrogen and oxygen atoms in total. The monoisotopic (exact) mass is 706 g/mol. The molecule has 0 bridgehead atoms. The third-order valence-corrected chi connectivity index (χ3v) is 10.5. The van der Waals surface area contributed by atoms with Gasteiger partial charge in [-0.15, -0.1) is 0 Å². The van der Waals surface area contributed by atoms with Gasteiger partial charge in [-0.3, -0.25) is 14.2 Å². The highest BCUT2D eigenvalue weighted by Gasteiger charge is 2.31. The fraction of sp³-hybridized carbons (Fsp3) is 0.333. The Kier molecular flexibility index (Phi) is 9.29. The number of halogens is 2. The number of hydrogen-bond acceptors (Lipinski definition) is 8. The van der Waals surface area contributed by atoms with Crippen molar-refractivity contribution < 1.29 is 13.6 Å². The minimum atomic E-state index is -0.668. The summed E-state index contributed by atoms with van der Waals surface area (Å²) in [4.78, 5) is 49.5. The van der Waals surface area contributed by atoms with E-state index in [0.29, 0.717) is 37.1 Å². The molecule has 1 atom stereocenters. The minimum Gasteiger partial charge on any atom is -0.356 e. The lowest BCUT2D eigenvalue weighted by Crippen LogP contribution is -2.46. The van der Waals surface area contributed by atoms with Crippen molar-refractivity contribution in [3.05, 3.63) is 129 Å². The molecule has 0 spiro atoms. The predicted molar refractivity (Wildman–Crippen MR) is 195 cm³/mol. The quantitative estimate of drug-likeness (QED) is 0.253. The average molecular weight is 707 g/mol. The normalized spacial score (nSPS) is 21.7. The van der Waals surface area contributed by atoms with Crippen LogP contribution in [-0.4, -0.2) is 74.8 Å². The van der Waals surface area contributed by atoms with Crippen LogP contribution in [0.5, 0.6) is 0 Å². The van der Waals surface area contributed by atoms with Crippen molar-refractivity contribution >= 4 is 16.9 Å². The fourth-order valence-corrected chi connectivity index (χ4v) is 7.65. The highest BCUT2D eigenvalue weighted by molar-refractivity contribution is 5.93. The largest absolute Gasteiger partial charge is 0.356 e. The topological polar surface area (TPSA) is 117 Å². The fourth-order valence-electron chi connectivity index (χ4n) is 7.65. The van der Waals surface area contributed by atoms with Gasteiger partial charge in [0.2, 0.25) is 0 Å². The van der Waals surface area contributed by atoms with E-state index in [1.54, 1.807) is 23.2 Å². The molecule has 1 saturated carbocycles. The number of allylic oxidation sites excluding steroid dienone is 2. The van der Waals surface area contributed by atoms with Gasteiger partial charge in [-0.2, -0.15) is 0 Å². The molecule has 13 heteroatoms. The third kappa shape index (κ3) is 6.81. The highest BCUT2D eigenvalue weighted by Crippen LogP contribution is 2.29. The maximum Gasteiger partial charge on any atom is 0.337 e. The van der Waals surface area contributed by atoms with Gasteiger partial charge in [0.05, 0.1) is 17.3 Å². The SMILES string of the molecule is O=C(N[C@H]1CC[C@@H](n2c(=O)c3cc(F)cnc3n(-c3cccc(-c4ccc(CCN5CCNCC5)cc4)c3)c2=O)CC1)C1=CN2C=C(F)C=CC2N1. The van der Waals surface area contributed by atoms with E-state index in [4.69, 9.17) is 0 Å². The Morgan fingerprint density at radius 3 is 2.52 bits per heavy atom. The van der Waals surface area contributed by atoms with E-state index in [1.165, 1.54) is 27.0 Å². The molecular formula is C39H40F2N8O3. The summed E-state index contributed by atoms with van der Waals surface area (Å²) in [6, 6.07) is 16.4. The van der Waals surface area contributed by atoms with Gasteiger partial charge in [0.15, 0.2) is 5.65 Å². The van der Waals surface area contributed by atoms with E-state index in [-0.39, 0.29) is 29.1 Å². The minimum absolute atomic E-state index is 0.0181. The van der Waals surface area contributed by atoms with Gasteiger partial charge in [0.1, 0.15) is 23.5 Å². The first-order valence-electron chi connectivity index (χ1n) is 17.9. The summed E-state index contributed by atoms with van der Waals surface area (Å²) in [6.07, 6.45) is 9.49. The van der Waals surface area contributed by atoms with Crippen molar-refractivity contribution in [3.63, 3.8) is 0 Å². The maximum absolute atomic E-state index is 14.5. The van der Waals surface area contributed by atoms with Crippen LogP contribution in [0, 0.1) is 5.82 Å². The van der Waals surface area contributed by atoms with Crippen molar-refractivity contribution in [1.82, 2.24) is 39.9 Å². The Hall–Kier alpha value is -5.40.